The largest absolute Gasteiger partial charge is 0.350 e. The van der Waals surface area contributed by atoms with Crippen LogP contribution in [-0.4, -0.2) is 18.5 Å². The third-order valence-electron chi connectivity index (χ3n) is 3.33. The Morgan fingerprint density at radius 1 is 1.20 bits per heavy atom. The summed E-state index contributed by atoms with van der Waals surface area (Å²) in [6.07, 6.45) is 6.05. The van der Waals surface area contributed by atoms with Gasteiger partial charge in [0, 0.05) is 12.3 Å². The van der Waals surface area contributed by atoms with Crippen molar-refractivity contribution in [1.29, 1.82) is 0 Å². The Kier molecular flexibility index (Phi) is 5.07. The smallest absolute Gasteiger partial charge is 0.165 e. The normalized spacial score (nSPS) is 36.8. The molecular formula is C13H26O2. The van der Waals surface area contributed by atoms with E-state index in [0.717, 1.165) is 25.9 Å². The first-order valence-electron chi connectivity index (χ1n) is 6.47. The molecule has 1 aliphatic rings. The fraction of sp³-hybridized carbons (Fsp3) is 1.00. The second kappa shape index (κ2) is 5.86. The van der Waals surface area contributed by atoms with Crippen molar-refractivity contribution >= 4 is 0 Å². The first kappa shape index (κ1) is 13.0. The SMILES string of the molecule is CCCC1OC(C)(CCC)OCC1CC. The Labute approximate surface area is 94.3 Å². The minimum Gasteiger partial charge on any atom is -0.350 e. The van der Waals surface area contributed by atoms with Gasteiger partial charge in [-0.25, -0.2) is 0 Å². The van der Waals surface area contributed by atoms with Gasteiger partial charge in [-0.05, 0) is 19.8 Å². The zero-order valence-electron chi connectivity index (χ0n) is 10.7. The van der Waals surface area contributed by atoms with E-state index in [0.29, 0.717) is 12.0 Å². The van der Waals surface area contributed by atoms with Crippen LogP contribution in [0.1, 0.15) is 59.8 Å². The van der Waals surface area contributed by atoms with Crippen LogP contribution < -0.4 is 0 Å². The van der Waals surface area contributed by atoms with Gasteiger partial charge in [0.05, 0.1) is 12.7 Å². The molecule has 1 aliphatic heterocycles. The molecule has 1 rings (SSSR count). The van der Waals surface area contributed by atoms with Gasteiger partial charge in [0.1, 0.15) is 0 Å². The Balaban J connectivity index is 2.56. The molecule has 0 bridgehead atoms. The molecular weight excluding hydrogens is 188 g/mol. The summed E-state index contributed by atoms with van der Waals surface area (Å²) in [6, 6.07) is 0. The zero-order chi connectivity index (χ0) is 11.3. The van der Waals surface area contributed by atoms with Crippen LogP contribution in [-0.2, 0) is 9.47 Å². The summed E-state index contributed by atoms with van der Waals surface area (Å²) in [7, 11) is 0. The van der Waals surface area contributed by atoms with Gasteiger partial charge in [-0.1, -0.05) is 33.6 Å². The number of hydrogen-bond donors (Lipinski definition) is 0. The molecule has 1 saturated heterocycles. The highest BCUT2D eigenvalue weighted by atomic mass is 16.7. The predicted molar refractivity (Wildman–Crippen MR) is 62.8 cm³/mol. The van der Waals surface area contributed by atoms with Crippen LogP contribution in [0.25, 0.3) is 0 Å². The van der Waals surface area contributed by atoms with Crippen LogP contribution >= 0.6 is 0 Å². The van der Waals surface area contributed by atoms with Crippen molar-refractivity contribution in [1.82, 2.24) is 0 Å². The second-order valence-corrected chi connectivity index (χ2v) is 4.81. The monoisotopic (exact) mass is 214 g/mol. The summed E-state index contributed by atoms with van der Waals surface area (Å²) in [5.74, 6) is 0.273. The van der Waals surface area contributed by atoms with E-state index in [9.17, 15) is 0 Å². The third-order valence-corrected chi connectivity index (χ3v) is 3.33. The van der Waals surface area contributed by atoms with Gasteiger partial charge in [-0.2, -0.15) is 0 Å². The lowest BCUT2D eigenvalue weighted by Crippen LogP contribution is -2.47. The van der Waals surface area contributed by atoms with Gasteiger partial charge in [-0.15, -0.1) is 0 Å². The molecule has 15 heavy (non-hydrogen) atoms. The average Bonchev–Trinajstić information content (AvgIpc) is 2.19. The molecule has 3 atom stereocenters. The van der Waals surface area contributed by atoms with Crippen LogP contribution in [0.15, 0.2) is 0 Å². The number of rotatable bonds is 5. The van der Waals surface area contributed by atoms with Gasteiger partial charge in [0.25, 0.3) is 0 Å². The maximum absolute atomic E-state index is 6.14. The molecule has 0 aromatic rings. The van der Waals surface area contributed by atoms with Gasteiger partial charge >= 0.3 is 0 Å². The van der Waals surface area contributed by atoms with Crippen LogP contribution in [0, 0.1) is 5.92 Å². The molecule has 2 nitrogen and oxygen atoms in total. The maximum atomic E-state index is 6.14. The number of ether oxygens (including phenoxy) is 2. The summed E-state index contributed by atoms with van der Waals surface area (Å²) in [6.45, 7) is 9.59. The molecule has 0 radical (unpaired) electrons. The first-order chi connectivity index (χ1) is 7.15. The summed E-state index contributed by atoms with van der Waals surface area (Å²) in [5.41, 5.74) is 0. The molecule has 1 fully saturated rings. The molecule has 0 amide bonds. The Hall–Kier alpha value is -0.0800. The Bertz CT molecular complexity index is 181. The van der Waals surface area contributed by atoms with Gasteiger partial charge in [0.15, 0.2) is 5.79 Å². The lowest BCUT2D eigenvalue weighted by Gasteiger charge is -2.43. The summed E-state index contributed by atoms with van der Waals surface area (Å²) in [4.78, 5) is 0. The minimum absolute atomic E-state index is 0.319. The van der Waals surface area contributed by atoms with Crippen LogP contribution in [0.2, 0.25) is 0 Å². The maximum Gasteiger partial charge on any atom is 0.165 e. The van der Waals surface area contributed by atoms with Crippen LogP contribution in [0.4, 0.5) is 0 Å². The van der Waals surface area contributed by atoms with E-state index in [4.69, 9.17) is 9.47 Å². The predicted octanol–water partition coefficient (Wildman–Crippen LogP) is 3.74. The summed E-state index contributed by atoms with van der Waals surface area (Å²) >= 11 is 0. The lowest BCUT2D eigenvalue weighted by molar-refractivity contribution is -0.306. The van der Waals surface area contributed by atoms with Crippen LogP contribution in [0.5, 0.6) is 0 Å². The highest BCUT2D eigenvalue weighted by Gasteiger charge is 2.37. The van der Waals surface area contributed by atoms with E-state index in [2.05, 4.69) is 27.7 Å². The van der Waals surface area contributed by atoms with E-state index < -0.39 is 0 Å². The summed E-state index contributed by atoms with van der Waals surface area (Å²) < 4.78 is 12.0. The number of hydrogen-bond acceptors (Lipinski definition) is 2. The van der Waals surface area contributed by atoms with Crippen molar-refractivity contribution in [2.75, 3.05) is 6.61 Å². The zero-order valence-corrected chi connectivity index (χ0v) is 10.7. The minimum atomic E-state index is -0.319. The van der Waals surface area contributed by atoms with E-state index in [1.165, 1.54) is 12.8 Å². The highest BCUT2D eigenvalue weighted by Crippen LogP contribution is 2.33. The highest BCUT2D eigenvalue weighted by molar-refractivity contribution is 4.78. The second-order valence-electron chi connectivity index (χ2n) is 4.81. The quantitative estimate of drug-likeness (QED) is 0.694. The van der Waals surface area contributed by atoms with E-state index in [1.807, 2.05) is 0 Å². The molecule has 3 unspecified atom stereocenters. The fourth-order valence-corrected chi connectivity index (χ4v) is 2.39. The molecule has 1 heterocycles. The van der Waals surface area contributed by atoms with Gasteiger partial charge < -0.3 is 9.47 Å². The Morgan fingerprint density at radius 2 is 1.93 bits per heavy atom. The molecule has 90 valence electrons. The Morgan fingerprint density at radius 3 is 2.47 bits per heavy atom. The van der Waals surface area contributed by atoms with Crippen molar-refractivity contribution in [2.24, 2.45) is 5.92 Å². The van der Waals surface area contributed by atoms with Crippen molar-refractivity contribution in [2.45, 2.75) is 71.7 Å². The summed E-state index contributed by atoms with van der Waals surface area (Å²) in [5, 5.41) is 0. The lowest BCUT2D eigenvalue weighted by atomic mass is 9.94. The van der Waals surface area contributed by atoms with E-state index in [-0.39, 0.29) is 5.79 Å². The molecule has 0 aromatic carbocycles. The van der Waals surface area contributed by atoms with Crippen molar-refractivity contribution in [3.63, 3.8) is 0 Å². The molecule has 0 aliphatic carbocycles. The topological polar surface area (TPSA) is 18.5 Å². The first-order valence-corrected chi connectivity index (χ1v) is 6.47. The van der Waals surface area contributed by atoms with Crippen LogP contribution in [0.3, 0.4) is 0 Å². The standard InChI is InChI=1S/C13H26O2/c1-5-8-12-11(7-3)10-14-13(4,15-12)9-6-2/h11-12H,5-10H2,1-4H3. The third kappa shape index (κ3) is 3.46. The van der Waals surface area contributed by atoms with Crippen molar-refractivity contribution < 1.29 is 9.47 Å². The van der Waals surface area contributed by atoms with Crippen molar-refractivity contribution in [3.05, 3.63) is 0 Å². The average molecular weight is 214 g/mol. The van der Waals surface area contributed by atoms with E-state index in [1.54, 1.807) is 0 Å². The molecule has 2 heteroatoms. The molecule has 0 N–H and O–H groups in total. The molecule has 0 aromatic heterocycles. The van der Waals surface area contributed by atoms with Gasteiger partial charge in [0.2, 0.25) is 0 Å². The molecule has 0 spiro atoms. The molecule has 0 saturated carbocycles. The van der Waals surface area contributed by atoms with Crippen molar-refractivity contribution in [3.8, 4) is 0 Å². The van der Waals surface area contributed by atoms with Gasteiger partial charge in [-0.3, -0.25) is 0 Å². The fourth-order valence-electron chi connectivity index (χ4n) is 2.39. The van der Waals surface area contributed by atoms with E-state index >= 15 is 0 Å².